The van der Waals surface area contributed by atoms with Gasteiger partial charge in [0.15, 0.2) is 0 Å². The predicted molar refractivity (Wildman–Crippen MR) is 83.4 cm³/mol. The minimum absolute atomic E-state index is 0.156. The van der Waals surface area contributed by atoms with Gasteiger partial charge in [-0.1, -0.05) is 0 Å². The van der Waals surface area contributed by atoms with Crippen molar-refractivity contribution < 1.29 is 14.6 Å². The van der Waals surface area contributed by atoms with Gasteiger partial charge in [-0.15, -0.1) is 0 Å². The second-order valence-electron chi connectivity index (χ2n) is 5.77. The zero-order chi connectivity index (χ0) is 15.7. The van der Waals surface area contributed by atoms with Crippen molar-refractivity contribution in [3.8, 4) is 0 Å². The predicted octanol–water partition coefficient (Wildman–Crippen LogP) is 1.94. The summed E-state index contributed by atoms with van der Waals surface area (Å²) in [5.74, 6) is -0.896. The van der Waals surface area contributed by atoms with Gasteiger partial charge in [0.2, 0.25) is 0 Å². The summed E-state index contributed by atoms with van der Waals surface area (Å²) in [4.78, 5) is 18.4. The molecule has 0 saturated carbocycles. The summed E-state index contributed by atoms with van der Waals surface area (Å²) in [6, 6.07) is 3.77. The van der Waals surface area contributed by atoms with Crippen molar-refractivity contribution in [2.75, 3.05) is 32.8 Å². The number of rotatable bonds is 4. The number of ether oxygens (including phenoxy) is 1. The van der Waals surface area contributed by atoms with Gasteiger partial charge in [0, 0.05) is 43.0 Å². The number of aromatic carboxylic acids is 1. The van der Waals surface area contributed by atoms with Gasteiger partial charge in [0.1, 0.15) is 5.65 Å². The maximum Gasteiger partial charge on any atom is 0.338 e. The highest BCUT2D eigenvalue weighted by molar-refractivity contribution is 6.04. The maximum atomic E-state index is 11.6. The van der Waals surface area contributed by atoms with Gasteiger partial charge < -0.3 is 14.4 Å². The van der Waals surface area contributed by atoms with Crippen LogP contribution in [0.5, 0.6) is 0 Å². The van der Waals surface area contributed by atoms with E-state index in [0.29, 0.717) is 10.9 Å². The van der Waals surface area contributed by atoms with Gasteiger partial charge >= 0.3 is 5.97 Å². The third kappa shape index (κ3) is 2.60. The summed E-state index contributed by atoms with van der Waals surface area (Å²) < 4.78 is 7.43. The molecule has 1 aliphatic heterocycles. The molecule has 0 aromatic carbocycles. The molecule has 1 saturated heterocycles. The average Bonchev–Trinajstić information content (AvgIpc) is 2.80. The Morgan fingerprint density at radius 1 is 1.45 bits per heavy atom. The van der Waals surface area contributed by atoms with Crippen LogP contribution in [0.25, 0.3) is 11.0 Å². The summed E-state index contributed by atoms with van der Waals surface area (Å²) in [6.07, 6.45) is 1.71. The topological polar surface area (TPSA) is 67.6 Å². The molecule has 3 heterocycles. The van der Waals surface area contributed by atoms with E-state index in [1.807, 2.05) is 17.6 Å². The van der Waals surface area contributed by atoms with Gasteiger partial charge in [0.05, 0.1) is 18.8 Å². The van der Waals surface area contributed by atoms with E-state index in [2.05, 4.69) is 16.8 Å². The van der Waals surface area contributed by atoms with E-state index in [1.165, 1.54) is 0 Å². The molecule has 1 N–H and O–H groups in total. The molecule has 1 fully saturated rings. The van der Waals surface area contributed by atoms with E-state index in [9.17, 15) is 9.90 Å². The number of morpholine rings is 1. The molecule has 0 aliphatic carbocycles. The first-order chi connectivity index (χ1) is 10.6. The zero-order valence-corrected chi connectivity index (χ0v) is 13.0. The third-order valence-electron chi connectivity index (χ3n) is 4.29. The lowest BCUT2D eigenvalue weighted by Gasteiger charge is -2.30. The summed E-state index contributed by atoms with van der Waals surface area (Å²) in [5.41, 5.74) is 1.87. The number of aromatic nitrogens is 2. The lowest BCUT2D eigenvalue weighted by atomic mass is 10.2. The molecule has 118 valence electrons. The van der Waals surface area contributed by atoms with Gasteiger partial charge in [-0.05, 0) is 26.0 Å². The first kappa shape index (κ1) is 15.0. The van der Waals surface area contributed by atoms with Crippen LogP contribution in [0.4, 0.5) is 0 Å². The molecule has 0 radical (unpaired) electrons. The molecule has 2 aromatic rings. The summed E-state index contributed by atoms with van der Waals surface area (Å²) in [5, 5.41) is 10.2. The monoisotopic (exact) mass is 303 g/mol. The number of fused-ring (bicyclic) bond motifs is 1. The Hall–Kier alpha value is -1.92. The van der Waals surface area contributed by atoms with E-state index in [0.717, 1.165) is 44.2 Å². The fourth-order valence-electron chi connectivity index (χ4n) is 3.31. The molecule has 1 unspecified atom stereocenters. The average molecular weight is 303 g/mol. The molecule has 1 aliphatic rings. The van der Waals surface area contributed by atoms with Gasteiger partial charge in [-0.3, -0.25) is 4.90 Å². The summed E-state index contributed by atoms with van der Waals surface area (Å²) in [6.45, 7) is 8.20. The number of carboxylic acids is 1. The molecule has 2 aromatic heterocycles. The SMILES string of the molecule is Cc1c(C(=O)O)c2cccnc2n1C(C)CN1CCOCC1. The van der Waals surface area contributed by atoms with Crippen molar-refractivity contribution in [3.63, 3.8) is 0 Å². The fraction of sp³-hybridized carbons (Fsp3) is 0.500. The van der Waals surface area contributed by atoms with Crippen molar-refractivity contribution >= 4 is 17.0 Å². The Kier molecular flexibility index (Phi) is 4.13. The molecule has 22 heavy (non-hydrogen) atoms. The Balaban J connectivity index is 1.98. The highest BCUT2D eigenvalue weighted by Crippen LogP contribution is 2.28. The zero-order valence-electron chi connectivity index (χ0n) is 13.0. The minimum Gasteiger partial charge on any atom is -0.478 e. The third-order valence-corrected chi connectivity index (χ3v) is 4.29. The molecule has 6 nitrogen and oxygen atoms in total. The number of pyridine rings is 1. The first-order valence-corrected chi connectivity index (χ1v) is 7.58. The first-order valence-electron chi connectivity index (χ1n) is 7.58. The lowest BCUT2D eigenvalue weighted by Crippen LogP contribution is -2.39. The van der Waals surface area contributed by atoms with Crippen LogP contribution in [0.1, 0.15) is 29.0 Å². The van der Waals surface area contributed by atoms with Crippen LogP contribution in [-0.2, 0) is 4.74 Å². The van der Waals surface area contributed by atoms with Gasteiger partial charge in [0.25, 0.3) is 0 Å². The van der Waals surface area contributed by atoms with E-state index in [4.69, 9.17) is 4.74 Å². The van der Waals surface area contributed by atoms with Gasteiger partial charge in [-0.25, -0.2) is 9.78 Å². The maximum absolute atomic E-state index is 11.6. The van der Waals surface area contributed by atoms with E-state index in [-0.39, 0.29) is 6.04 Å². The van der Waals surface area contributed by atoms with Crippen molar-refractivity contribution in [2.45, 2.75) is 19.9 Å². The van der Waals surface area contributed by atoms with Crippen LogP contribution in [0.2, 0.25) is 0 Å². The summed E-state index contributed by atoms with van der Waals surface area (Å²) >= 11 is 0. The van der Waals surface area contributed by atoms with Crippen molar-refractivity contribution in [1.82, 2.24) is 14.5 Å². The number of nitrogens with zero attached hydrogens (tertiary/aromatic N) is 3. The second-order valence-corrected chi connectivity index (χ2v) is 5.77. The molecule has 6 heteroatoms. The highest BCUT2D eigenvalue weighted by atomic mass is 16.5. The molecular weight excluding hydrogens is 282 g/mol. The summed E-state index contributed by atoms with van der Waals surface area (Å²) in [7, 11) is 0. The normalized spacial score (nSPS) is 17.7. The number of carboxylic acid groups (broad SMARTS) is 1. The largest absolute Gasteiger partial charge is 0.478 e. The number of hydrogen-bond acceptors (Lipinski definition) is 4. The smallest absolute Gasteiger partial charge is 0.338 e. The second kappa shape index (κ2) is 6.06. The number of hydrogen-bond donors (Lipinski definition) is 1. The quantitative estimate of drug-likeness (QED) is 0.935. The van der Waals surface area contributed by atoms with Crippen molar-refractivity contribution in [1.29, 1.82) is 0 Å². The Morgan fingerprint density at radius 3 is 2.86 bits per heavy atom. The van der Waals surface area contributed by atoms with Crippen molar-refractivity contribution in [3.05, 3.63) is 29.6 Å². The number of carbonyl (C=O) groups is 1. The molecule has 3 rings (SSSR count). The molecule has 0 spiro atoms. The molecule has 0 bridgehead atoms. The Labute approximate surface area is 129 Å². The minimum atomic E-state index is -0.896. The lowest BCUT2D eigenvalue weighted by molar-refractivity contribution is 0.0327. The van der Waals surface area contributed by atoms with Crippen LogP contribution in [0, 0.1) is 6.92 Å². The fourth-order valence-corrected chi connectivity index (χ4v) is 3.31. The van der Waals surface area contributed by atoms with Crippen molar-refractivity contribution in [2.24, 2.45) is 0 Å². The van der Waals surface area contributed by atoms with E-state index >= 15 is 0 Å². The molecule has 1 atom stereocenters. The Morgan fingerprint density at radius 2 is 2.18 bits per heavy atom. The van der Waals surface area contributed by atoms with Crippen LogP contribution in [-0.4, -0.2) is 58.4 Å². The van der Waals surface area contributed by atoms with Crippen LogP contribution >= 0.6 is 0 Å². The van der Waals surface area contributed by atoms with Crippen LogP contribution in [0.3, 0.4) is 0 Å². The van der Waals surface area contributed by atoms with Gasteiger partial charge in [-0.2, -0.15) is 0 Å². The van der Waals surface area contributed by atoms with E-state index < -0.39 is 5.97 Å². The highest BCUT2D eigenvalue weighted by Gasteiger charge is 2.24. The molecular formula is C16H21N3O3. The van der Waals surface area contributed by atoms with Crippen LogP contribution in [0.15, 0.2) is 18.3 Å². The standard InChI is InChI=1S/C16H21N3O3/c1-11(10-18-6-8-22-9-7-18)19-12(2)14(16(20)21)13-4-3-5-17-15(13)19/h3-5,11H,6-10H2,1-2H3,(H,20,21). The molecule has 0 amide bonds. The van der Waals surface area contributed by atoms with E-state index in [1.54, 1.807) is 12.3 Å². The van der Waals surface area contributed by atoms with Crippen LogP contribution < -0.4 is 0 Å². The Bertz CT molecular complexity index is 689.